The van der Waals surface area contributed by atoms with Gasteiger partial charge in [0.2, 0.25) is 5.91 Å². The van der Waals surface area contributed by atoms with Crippen LogP contribution in [-0.2, 0) is 16.1 Å². The number of ether oxygens (including phenoxy) is 1. The summed E-state index contributed by atoms with van der Waals surface area (Å²) in [4.78, 5) is 21.2. The number of pyridine rings is 1. The maximum atomic E-state index is 12.4. The second kappa shape index (κ2) is 6.45. The maximum absolute atomic E-state index is 12.4. The minimum absolute atomic E-state index is 0.119. The van der Waals surface area contributed by atoms with Gasteiger partial charge >= 0.3 is 0 Å². The van der Waals surface area contributed by atoms with Gasteiger partial charge in [-0.2, -0.15) is 0 Å². The number of nitrogens with zero attached hydrogens (tertiary/aromatic N) is 3. The standard InChI is InChI=1S/C19H27N3O2/c1-21(12-16-5-2-3-9-20-16)17-11-19(24-13-17)8-4-10-22(14-19)18(23)15-6-7-15/h2-3,5,9,15,17H,4,6-8,10-14H2,1H3/t17-,19+/m1/s1. The molecule has 24 heavy (non-hydrogen) atoms. The van der Waals surface area contributed by atoms with Gasteiger partial charge < -0.3 is 9.64 Å². The van der Waals surface area contributed by atoms with Crippen LogP contribution in [0.15, 0.2) is 24.4 Å². The molecule has 1 aromatic rings. The summed E-state index contributed by atoms with van der Waals surface area (Å²) in [6.07, 6.45) is 7.17. The SMILES string of the molecule is CN(Cc1ccccn1)[C@H]1CO[C@@]2(CCCN(C(=O)C3CC3)C2)C1. The van der Waals surface area contributed by atoms with Crippen LogP contribution in [0.1, 0.15) is 37.8 Å². The first-order valence-electron chi connectivity index (χ1n) is 9.18. The van der Waals surface area contributed by atoms with E-state index in [9.17, 15) is 4.79 Å². The third kappa shape index (κ3) is 3.33. The van der Waals surface area contributed by atoms with Crippen molar-refractivity contribution in [2.45, 2.75) is 50.3 Å². The number of amides is 1. The molecule has 2 saturated heterocycles. The zero-order valence-electron chi connectivity index (χ0n) is 14.5. The Morgan fingerprint density at radius 3 is 3.08 bits per heavy atom. The molecule has 0 radical (unpaired) electrons. The molecule has 4 rings (SSSR count). The number of carbonyl (C=O) groups excluding carboxylic acids is 1. The molecule has 130 valence electrons. The fourth-order valence-electron chi connectivity index (χ4n) is 4.14. The predicted octanol–water partition coefficient (Wildman–Crippen LogP) is 2.07. The Labute approximate surface area is 144 Å². The van der Waals surface area contributed by atoms with Crippen molar-refractivity contribution in [1.82, 2.24) is 14.8 Å². The Morgan fingerprint density at radius 1 is 1.46 bits per heavy atom. The lowest BCUT2D eigenvalue weighted by molar-refractivity contribution is -0.140. The summed E-state index contributed by atoms with van der Waals surface area (Å²) in [5.41, 5.74) is 0.974. The lowest BCUT2D eigenvalue weighted by atomic mass is 9.88. The molecular formula is C19H27N3O2. The van der Waals surface area contributed by atoms with Crippen LogP contribution in [0.3, 0.4) is 0 Å². The van der Waals surface area contributed by atoms with Crippen LogP contribution < -0.4 is 0 Å². The third-order valence-corrected chi connectivity index (χ3v) is 5.73. The van der Waals surface area contributed by atoms with Crippen molar-refractivity contribution in [2.24, 2.45) is 5.92 Å². The second-order valence-corrected chi connectivity index (χ2v) is 7.73. The molecule has 5 heteroatoms. The van der Waals surface area contributed by atoms with Crippen LogP contribution in [0, 0.1) is 5.92 Å². The first-order chi connectivity index (χ1) is 11.7. The summed E-state index contributed by atoms with van der Waals surface area (Å²) in [6, 6.07) is 6.46. The van der Waals surface area contributed by atoms with Crippen molar-refractivity contribution >= 4 is 5.91 Å². The highest BCUT2D eigenvalue weighted by atomic mass is 16.5. The molecule has 3 fully saturated rings. The van der Waals surface area contributed by atoms with Gasteiger partial charge in [-0.1, -0.05) is 6.07 Å². The maximum Gasteiger partial charge on any atom is 0.225 e. The number of likely N-dealkylation sites (tertiary alicyclic amines) is 1. The first kappa shape index (κ1) is 16.0. The minimum atomic E-state index is -0.119. The smallest absolute Gasteiger partial charge is 0.225 e. The molecule has 1 amide bonds. The number of aromatic nitrogens is 1. The Bertz CT molecular complexity index is 590. The summed E-state index contributed by atoms with van der Waals surface area (Å²) in [6.45, 7) is 3.30. The molecule has 5 nitrogen and oxygen atoms in total. The summed E-state index contributed by atoms with van der Waals surface area (Å²) >= 11 is 0. The Hall–Kier alpha value is -1.46. The normalized spacial score (nSPS) is 30.2. The van der Waals surface area contributed by atoms with Gasteiger partial charge in [-0.25, -0.2) is 0 Å². The topological polar surface area (TPSA) is 45.7 Å². The molecule has 2 aliphatic heterocycles. The van der Waals surface area contributed by atoms with Crippen molar-refractivity contribution in [3.63, 3.8) is 0 Å². The molecule has 1 spiro atoms. The molecular weight excluding hydrogens is 302 g/mol. The first-order valence-corrected chi connectivity index (χ1v) is 9.18. The van der Waals surface area contributed by atoms with Gasteiger partial charge in [0.05, 0.1) is 17.9 Å². The number of rotatable bonds is 4. The summed E-state index contributed by atoms with van der Waals surface area (Å²) < 4.78 is 6.28. The quantitative estimate of drug-likeness (QED) is 0.848. The number of likely N-dealkylation sites (N-methyl/N-ethyl adjacent to an activating group) is 1. The van der Waals surface area contributed by atoms with E-state index in [4.69, 9.17) is 4.74 Å². The highest BCUT2D eigenvalue weighted by Gasteiger charge is 2.47. The zero-order chi connectivity index (χ0) is 16.6. The number of piperidine rings is 1. The fourth-order valence-corrected chi connectivity index (χ4v) is 4.14. The van der Waals surface area contributed by atoms with Gasteiger partial charge in [0, 0.05) is 37.8 Å². The van der Waals surface area contributed by atoms with Crippen molar-refractivity contribution in [3.8, 4) is 0 Å². The largest absolute Gasteiger partial charge is 0.371 e. The van der Waals surface area contributed by atoms with E-state index in [1.54, 1.807) is 0 Å². The second-order valence-electron chi connectivity index (χ2n) is 7.73. The van der Waals surface area contributed by atoms with Crippen LogP contribution in [0.2, 0.25) is 0 Å². The molecule has 0 unspecified atom stereocenters. The highest BCUT2D eigenvalue weighted by Crippen LogP contribution is 2.39. The van der Waals surface area contributed by atoms with E-state index in [1.165, 1.54) is 0 Å². The zero-order valence-corrected chi connectivity index (χ0v) is 14.5. The molecule has 1 aromatic heterocycles. The highest BCUT2D eigenvalue weighted by molar-refractivity contribution is 5.81. The Morgan fingerprint density at radius 2 is 2.33 bits per heavy atom. The monoisotopic (exact) mass is 329 g/mol. The molecule has 0 N–H and O–H groups in total. The van der Waals surface area contributed by atoms with Gasteiger partial charge in [-0.05, 0) is 51.3 Å². The van der Waals surface area contributed by atoms with Gasteiger partial charge in [0.1, 0.15) is 0 Å². The van der Waals surface area contributed by atoms with Crippen LogP contribution in [-0.4, -0.2) is 59.1 Å². The van der Waals surface area contributed by atoms with E-state index in [0.29, 0.717) is 17.9 Å². The van der Waals surface area contributed by atoms with E-state index in [1.807, 2.05) is 18.3 Å². The summed E-state index contributed by atoms with van der Waals surface area (Å²) in [5.74, 6) is 0.673. The van der Waals surface area contributed by atoms with Gasteiger partial charge in [0.15, 0.2) is 0 Å². The van der Waals surface area contributed by atoms with Crippen molar-refractivity contribution in [1.29, 1.82) is 0 Å². The molecule has 3 heterocycles. The molecule has 0 bridgehead atoms. The Kier molecular flexibility index (Phi) is 4.31. The van der Waals surface area contributed by atoms with Crippen molar-refractivity contribution < 1.29 is 9.53 Å². The van der Waals surface area contributed by atoms with Crippen LogP contribution in [0.5, 0.6) is 0 Å². The van der Waals surface area contributed by atoms with E-state index in [0.717, 1.165) is 64.0 Å². The van der Waals surface area contributed by atoms with E-state index < -0.39 is 0 Å². The minimum Gasteiger partial charge on any atom is -0.371 e. The molecule has 2 atom stereocenters. The Balaban J connectivity index is 1.37. The molecule has 1 aliphatic carbocycles. The van der Waals surface area contributed by atoms with Gasteiger partial charge in [-0.3, -0.25) is 14.7 Å². The number of hydrogen-bond acceptors (Lipinski definition) is 4. The third-order valence-electron chi connectivity index (χ3n) is 5.73. The molecule has 1 saturated carbocycles. The van der Waals surface area contributed by atoms with Gasteiger partial charge in [-0.15, -0.1) is 0 Å². The summed E-state index contributed by atoms with van der Waals surface area (Å²) in [5, 5.41) is 0. The van der Waals surface area contributed by atoms with Crippen molar-refractivity contribution in [2.75, 3.05) is 26.7 Å². The van der Waals surface area contributed by atoms with Gasteiger partial charge in [0.25, 0.3) is 0 Å². The lowest BCUT2D eigenvalue weighted by Gasteiger charge is -2.40. The molecule has 3 aliphatic rings. The average molecular weight is 329 g/mol. The number of hydrogen-bond donors (Lipinski definition) is 0. The van der Waals surface area contributed by atoms with E-state index >= 15 is 0 Å². The van der Waals surface area contributed by atoms with Crippen LogP contribution in [0.4, 0.5) is 0 Å². The fraction of sp³-hybridized carbons (Fsp3) is 0.684. The molecule has 0 aromatic carbocycles. The lowest BCUT2D eigenvalue weighted by Crippen LogP contribution is -2.51. The van der Waals surface area contributed by atoms with Crippen molar-refractivity contribution in [3.05, 3.63) is 30.1 Å². The van der Waals surface area contributed by atoms with E-state index in [-0.39, 0.29) is 5.60 Å². The predicted molar refractivity (Wildman–Crippen MR) is 91.3 cm³/mol. The average Bonchev–Trinajstić information content (AvgIpc) is 3.38. The summed E-state index contributed by atoms with van der Waals surface area (Å²) in [7, 11) is 2.15. The van der Waals surface area contributed by atoms with E-state index in [2.05, 4.69) is 27.9 Å². The van der Waals surface area contributed by atoms with Crippen LogP contribution >= 0.6 is 0 Å². The number of carbonyl (C=O) groups is 1. The van der Waals surface area contributed by atoms with Crippen LogP contribution in [0.25, 0.3) is 0 Å².